The van der Waals surface area contributed by atoms with Gasteiger partial charge in [0, 0.05) is 0 Å². The van der Waals surface area contributed by atoms with E-state index in [0.29, 0.717) is 0 Å². The lowest BCUT2D eigenvalue weighted by molar-refractivity contribution is 1.28. The molecule has 0 radical (unpaired) electrons. The van der Waals surface area contributed by atoms with Crippen LogP contribution in [-0.2, 0) is 6.42 Å². The Hall–Kier alpha value is -1.99. The molecule has 102 valence electrons. The number of allylic oxidation sites excluding steroid dienone is 1. The summed E-state index contributed by atoms with van der Waals surface area (Å²) >= 11 is 0. The quantitative estimate of drug-likeness (QED) is 0.554. The molecule has 0 bridgehead atoms. The predicted octanol–water partition coefficient (Wildman–Crippen LogP) is 5.37. The minimum atomic E-state index is 0. The Balaban J connectivity index is 0.000000192. The van der Waals surface area contributed by atoms with Gasteiger partial charge in [-0.15, -0.1) is 6.58 Å². The van der Waals surface area contributed by atoms with Crippen LogP contribution >= 0.6 is 13.5 Å². The Kier molecular flexibility index (Phi) is 7.23. The van der Waals surface area contributed by atoms with Crippen molar-refractivity contribution >= 4 is 24.3 Å². The van der Waals surface area contributed by atoms with Crippen LogP contribution in [0.2, 0.25) is 0 Å². The minimum absolute atomic E-state index is 0. The van der Waals surface area contributed by atoms with Crippen LogP contribution in [0, 0.1) is 0 Å². The highest BCUT2D eigenvalue weighted by Gasteiger charge is 1.85. The third kappa shape index (κ3) is 4.94. The van der Waals surface area contributed by atoms with Crippen LogP contribution in [0.3, 0.4) is 0 Å². The topological polar surface area (TPSA) is 0 Å². The lowest BCUT2D eigenvalue weighted by Crippen LogP contribution is -1.75. The van der Waals surface area contributed by atoms with E-state index in [1.165, 1.54) is 16.3 Å². The van der Waals surface area contributed by atoms with Crippen molar-refractivity contribution in [2.45, 2.75) is 6.42 Å². The lowest BCUT2D eigenvalue weighted by Gasteiger charge is -1.92. The van der Waals surface area contributed by atoms with Crippen molar-refractivity contribution in [3.05, 3.63) is 97.1 Å². The van der Waals surface area contributed by atoms with Crippen molar-refractivity contribution in [2.24, 2.45) is 0 Å². The average molecular weight is 280 g/mol. The Labute approximate surface area is 128 Å². The summed E-state index contributed by atoms with van der Waals surface area (Å²) in [7, 11) is 0. The molecule has 0 atom stereocenters. The third-order valence-electron chi connectivity index (χ3n) is 2.88. The Bertz CT molecular complexity index is 564. The van der Waals surface area contributed by atoms with Gasteiger partial charge in [0.2, 0.25) is 0 Å². The highest BCUT2D eigenvalue weighted by molar-refractivity contribution is 7.59. The molecule has 0 saturated carbocycles. The molecule has 0 heterocycles. The van der Waals surface area contributed by atoms with E-state index < -0.39 is 0 Å². The Morgan fingerprint density at radius 1 is 0.650 bits per heavy atom. The summed E-state index contributed by atoms with van der Waals surface area (Å²) in [5.74, 6) is 0. The predicted molar refractivity (Wildman–Crippen MR) is 94.7 cm³/mol. The van der Waals surface area contributed by atoms with Gasteiger partial charge in [0.1, 0.15) is 0 Å². The fraction of sp³-hybridized carbons (Fsp3) is 0.0526. The molecule has 0 aliphatic heterocycles. The van der Waals surface area contributed by atoms with Crippen LogP contribution in [0.1, 0.15) is 5.56 Å². The third-order valence-corrected chi connectivity index (χ3v) is 2.88. The number of fused-ring (bicyclic) bond motifs is 1. The molecule has 0 aliphatic carbocycles. The Morgan fingerprint density at radius 2 is 1.05 bits per heavy atom. The van der Waals surface area contributed by atoms with Gasteiger partial charge >= 0.3 is 0 Å². The number of hydrogen-bond donors (Lipinski definition) is 0. The molecule has 3 aromatic carbocycles. The van der Waals surface area contributed by atoms with E-state index >= 15 is 0 Å². The van der Waals surface area contributed by atoms with Gasteiger partial charge in [0.15, 0.2) is 0 Å². The van der Waals surface area contributed by atoms with Crippen LogP contribution in [0.4, 0.5) is 0 Å². The molecule has 20 heavy (non-hydrogen) atoms. The van der Waals surface area contributed by atoms with E-state index in [4.69, 9.17) is 0 Å². The number of benzene rings is 3. The molecule has 3 rings (SSSR count). The van der Waals surface area contributed by atoms with Crippen molar-refractivity contribution in [1.82, 2.24) is 0 Å². The summed E-state index contributed by atoms with van der Waals surface area (Å²) in [5.41, 5.74) is 1.33. The lowest BCUT2D eigenvalue weighted by atomic mass is 10.1. The average Bonchev–Trinajstić information content (AvgIpc) is 2.50. The normalized spacial score (nSPS) is 9.00. The van der Waals surface area contributed by atoms with Gasteiger partial charge in [0.05, 0.1) is 0 Å². The van der Waals surface area contributed by atoms with Crippen LogP contribution in [0.25, 0.3) is 10.8 Å². The molecule has 0 fully saturated rings. The van der Waals surface area contributed by atoms with Gasteiger partial charge in [-0.2, -0.15) is 13.5 Å². The molecule has 1 heteroatoms. The van der Waals surface area contributed by atoms with Gasteiger partial charge in [-0.05, 0) is 22.8 Å². The second kappa shape index (κ2) is 9.00. The molecule has 0 spiro atoms. The number of hydrogen-bond acceptors (Lipinski definition) is 0. The van der Waals surface area contributed by atoms with E-state index in [1.807, 2.05) is 24.3 Å². The highest BCUT2D eigenvalue weighted by Crippen LogP contribution is 2.11. The smallest absolute Gasteiger partial charge is 0.0100 e. The zero-order valence-corrected chi connectivity index (χ0v) is 12.5. The van der Waals surface area contributed by atoms with Crippen molar-refractivity contribution in [3.8, 4) is 0 Å². The van der Waals surface area contributed by atoms with E-state index in [-0.39, 0.29) is 13.5 Å². The molecule has 0 aliphatic rings. The van der Waals surface area contributed by atoms with Crippen LogP contribution in [-0.4, -0.2) is 0 Å². The van der Waals surface area contributed by atoms with E-state index in [1.54, 1.807) is 0 Å². The zero-order chi connectivity index (χ0) is 13.3. The molecule has 0 amide bonds. The minimum Gasteiger partial charge on any atom is -0.197 e. The number of rotatable bonds is 2. The molecule has 0 unspecified atom stereocenters. The summed E-state index contributed by atoms with van der Waals surface area (Å²) in [6, 6.07) is 27.0. The first kappa shape index (κ1) is 16.1. The zero-order valence-electron chi connectivity index (χ0n) is 11.5. The van der Waals surface area contributed by atoms with Crippen molar-refractivity contribution < 1.29 is 0 Å². The van der Waals surface area contributed by atoms with Gasteiger partial charge in [-0.3, -0.25) is 0 Å². The maximum Gasteiger partial charge on any atom is -0.0100 e. The maximum absolute atomic E-state index is 3.66. The first-order valence-electron chi connectivity index (χ1n) is 6.49. The molecular formula is C19H20S. The summed E-state index contributed by atoms with van der Waals surface area (Å²) in [4.78, 5) is 0. The molecule has 0 nitrogen and oxygen atoms in total. The molecule has 0 N–H and O–H groups in total. The van der Waals surface area contributed by atoms with Gasteiger partial charge < -0.3 is 0 Å². The van der Waals surface area contributed by atoms with Gasteiger partial charge in [-0.25, -0.2) is 0 Å². The molecular weight excluding hydrogens is 260 g/mol. The second-order valence-electron chi connectivity index (χ2n) is 4.33. The monoisotopic (exact) mass is 280 g/mol. The largest absolute Gasteiger partial charge is 0.197 e. The van der Waals surface area contributed by atoms with E-state index in [2.05, 4.69) is 67.2 Å². The summed E-state index contributed by atoms with van der Waals surface area (Å²) < 4.78 is 0. The molecule has 0 aromatic heterocycles. The first-order chi connectivity index (χ1) is 9.40. The van der Waals surface area contributed by atoms with Crippen LogP contribution in [0.5, 0.6) is 0 Å². The van der Waals surface area contributed by atoms with Crippen molar-refractivity contribution in [1.29, 1.82) is 0 Å². The van der Waals surface area contributed by atoms with Crippen molar-refractivity contribution in [3.63, 3.8) is 0 Å². The summed E-state index contributed by atoms with van der Waals surface area (Å²) in [6.07, 6.45) is 2.89. The second-order valence-corrected chi connectivity index (χ2v) is 4.33. The van der Waals surface area contributed by atoms with Crippen LogP contribution in [0.15, 0.2) is 91.5 Å². The van der Waals surface area contributed by atoms with Gasteiger partial charge in [0.25, 0.3) is 0 Å². The fourth-order valence-electron chi connectivity index (χ4n) is 1.91. The summed E-state index contributed by atoms with van der Waals surface area (Å²) in [6.45, 7) is 3.66. The molecule has 3 aromatic rings. The van der Waals surface area contributed by atoms with Gasteiger partial charge in [-0.1, -0.05) is 84.9 Å². The van der Waals surface area contributed by atoms with E-state index in [0.717, 1.165) is 6.42 Å². The standard InChI is InChI=1S/C10H8.C9H10.H2S/c1-2-6-10-8-4-3-7-9(10)5-1;1-2-6-9-7-4-3-5-8-9;/h1-8H;2-5,7-8H,1,6H2;1H2. The van der Waals surface area contributed by atoms with Crippen molar-refractivity contribution in [2.75, 3.05) is 0 Å². The fourth-order valence-corrected chi connectivity index (χ4v) is 1.91. The highest BCUT2D eigenvalue weighted by atomic mass is 32.1. The SMILES string of the molecule is C=CCc1ccccc1.S.c1ccc2ccccc2c1. The summed E-state index contributed by atoms with van der Waals surface area (Å²) in [5, 5.41) is 2.62. The first-order valence-corrected chi connectivity index (χ1v) is 6.49. The maximum atomic E-state index is 3.66. The molecule has 0 saturated heterocycles. The Morgan fingerprint density at radius 3 is 1.45 bits per heavy atom. The van der Waals surface area contributed by atoms with E-state index in [9.17, 15) is 0 Å². The van der Waals surface area contributed by atoms with Crippen LogP contribution < -0.4 is 0 Å².